The van der Waals surface area contributed by atoms with E-state index in [4.69, 9.17) is 0 Å². The molecule has 2 aliphatic heterocycles. The Kier molecular flexibility index (Phi) is 5.41. The predicted molar refractivity (Wildman–Crippen MR) is 89.7 cm³/mol. The van der Waals surface area contributed by atoms with Crippen molar-refractivity contribution in [1.29, 1.82) is 0 Å². The fraction of sp³-hybridized carbons (Fsp3) is 0.611. The number of alkyl halides is 3. The van der Waals surface area contributed by atoms with Crippen molar-refractivity contribution in [2.24, 2.45) is 5.41 Å². The highest BCUT2D eigenvalue weighted by atomic mass is 19.4. The molecule has 1 aromatic heterocycles. The normalized spacial score (nSPS) is 22.7. The summed E-state index contributed by atoms with van der Waals surface area (Å²) in [5, 5.41) is 10.3. The van der Waals surface area contributed by atoms with E-state index in [0.717, 1.165) is 0 Å². The number of pyridine rings is 1. The van der Waals surface area contributed by atoms with Gasteiger partial charge >= 0.3 is 6.18 Å². The molecule has 3 rings (SSSR count). The number of aliphatic hydroxyl groups is 1. The van der Waals surface area contributed by atoms with Crippen LogP contribution in [0.5, 0.6) is 0 Å². The van der Waals surface area contributed by atoms with Crippen LogP contribution in [0.25, 0.3) is 0 Å². The second-order valence-electron chi connectivity index (χ2n) is 7.46. The molecular formula is C18H22F3N3O3. The molecule has 1 spiro atoms. The number of aromatic nitrogens is 1. The van der Waals surface area contributed by atoms with Gasteiger partial charge in [0.25, 0.3) is 5.91 Å². The maximum atomic E-state index is 12.7. The number of aliphatic hydroxyl groups excluding tert-OH is 1. The molecule has 2 fully saturated rings. The summed E-state index contributed by atoms with van der Waals surface area (Å²) >= 11 is 0. The molecule has 2 aliphatic rings. The summed E-state index contributed by atoms with van der Waals surface area (Å²) in [7, 11) is 0. The van der Waals surface area contributed by atoms with Crippen molar-refractivity contribution in [2.45, 2.75) is 38.0 Å². The number of hydrogen-bond donors (Lipinski definition) is 1. The predicted octanol–water partition coefficient (Wildman–Crippen LogP) is 1.85. The molecule has 1 atom stereocenters. The van der Waals surface area contributed by atoms with Crippen LogP contribution in [0, 0.1) is 5.41 Å². The van der Waals surface area contributed by atoms with Gasteiger partial charge in [0, 0.05) is 38.6 Å². The van der Waals surface area contributed by atoms with Crippen LogP contribution in [-0.2, 0) is 4.79 Å². The standard InChI is InChI=1S/C18H22F3N3O3/c19-18(20,21)9-15(26)23-6-3-17(4-7-23)8-14(25)11-24(12-17)16(27)13-2-1-5-22-10-13/h1-2,5,10,14,25H,3-4,6-9,11-12H2. The van der Waals surface area contributed by atoms with Gasteiger partial charge in [0.05, 0.1) is 11.7 Å². The van der Waals surface area contributed by atoms with Crippen LogP contribution in [0.3, 0.4) is 0 Å². The summed E-state index contributed by atoms with van der Waals surface area (Å²) in [5.41, 5.74) is 0.0458. The third-order valence-corrected chi connectivity index (χ3v) is 5.35. The largest absolute Gasteiger partial charge is 0.397 e. The molecule has 3 heterocycles. The second kappa shape index (κ2) is 7.46. The van der Waals surface area contributed by atoms with E-state index < -0.39 is 24.6 Å². The topological polar surface area (TPSA) is 73.7 Å². The second-order valence-corrected chi connectivity index (χ2v) is 7.46. The summed E-state index contributed by atoms with van der Waals surface area (Å²) in [6, 6.07) is 3.32. The Labute approximate surface area is 155 Å². The third-order valence-electron chi connectivity index (χ3n) is 5.35. The maximum Gasteiger partial charge on any atom is 0.397 e. The third kappa shape index (κ3) is 4.77. The van der Waals surface area contributed by atoms with Gasteiger partial charge in [0.2, 0.25) is 5.91 Å². The minimum Gasteiger partial charge on any atom is -0.391 e. The van der Waals surface area contributed by atoms with Crippen molar-refractivity contribution in [3.8, 4) is 0 Å². The van der Waals surface area contributed by atoms with Crippen molar-refractivity contribution in [3.05, 3.63) is 30.1 Å². The average Bonchev–Trinajstić information content (AvgIpc) is 2.60. The maximum absolute atomic E-state index is 12.7. The van der Waals surface area contributed by atoms with E-state index in [1.54, 1.807) is 23.2 Å². The van der Waals surface area contributed by atoms with Gasteiger partial charge in [-0.2, -0.15) is 13.2 Å². The van der Waals surface area contributed by atoms with Gasteiger partial charge < -0.3 is 14.9 Å². The fourth-order valence-corrected chi connectivity index (χ4v) is 4.06. The monoisotopic (exact) mass is 385 g/mol. The lowest BCUT2D eigenvalue weighted by molar-refractivity contribution is -0.163. The highest BCUT2D eigenvalue weighted by molar-refractivity contribution is 5.94. The molecule has 0 aromatic carbocycles. The molecule has 0 radical (unpaired) electrons. The molecule has 1 unspecified atom stereocenters. The highest BCUT2D eigenvalue weighted by Crippen LogP contribution is 2.40. The van der Waals surface area contributed by atoms with Crippen LogP contribution in [0.15, 0.2) is 24.5 Å². The van der Waals surface area contributed by atoms with Crippen LogP contribution in [-0.4, -0.2) is 70.2 Å². The highest BCUT2D eigenvalue weighted by Gasteiger charge is 2.44. The van der Waals surface area contributed by atoms with Gasteiger partial charge in [-0.3, -0.25) is 14.6 Å². The molecule has 1 N–H and O–H groups in total. The molecule has 27 heavy (non-hydrogen) atoms. The molecule has 0 bridgehead atoms. The van der Waals surface area contributed by atoms with Crippen LogP contribution >= 0.6 is 0 Å². The van der Waals surface area contributed by atoms with Crippen LogP contribution in [0.2, 0.25) is 0 Å². The van der Waals surface area contributed by atoms with Crippen molar-refractivity contribution >= 4 is 11.8 Å². The lowest BCUT2D eigenvalue weighted by atomic mass is 9.71. The lowest BCUT2D eigenvalue weighted by Gasteiger charge is -2.49. The van der Waals surface area contributed by atoms with Gasteiger partial charge in [-0.1, -0.05) is 0 Å². The van der Waals surface area contributed by atoms with Crippen molar-refractivity contribution in [3.63, 3.8) is 0 Å². The van der Waals surface area contributed by atoms with Crippen LogP contribution in [0.1, 0.15) is 36.0 Å². The number of likely N-dealkylation sites (tertiary alicyclic amines) is 2. The number of amides is 2. The number of halogens is 3. The van der Waals surface area contributed by atoms with Crippen LogP contribution in [0.4, 0.5) is 13.2 Å². The number of carbonyl (C=O) groups is 2. The molecule has 2 amide bonds. The van der Waals surface area contributed by atoms with Crippen molar-refractivity contribution in [2.75, 3.05) is 26.2 Å². The van der Waals surface area contributed by atoms with E-state index in [2.05, 4.69) is 4.98 Å². The number of hydrogen-bond acceptors (Lipinski definition) is 4. The zero-order valence-electron chi connectivity index (χ0n) is 14.8. The Morgan fingerprint density at radius 3 is 2.56 bits per heavy atom. The van der Waals surface area contributed by atoms with E-state index in [1.165, 1.54) is 11.1 Å². The zero-order chi connectivity index (χ0) is 19.7. The molecule has 9 heteroatoms. The first-order valence-electron chi connectivity index (χ1n) is 8.89. The molecule has 0 saturated carbocycles. The van der Waals surface area contributed by atoms with E-state index in [0.29, 0.717) is 31.4 Å². The molecule has 2 saturated heterocycles. The minimum absolute atomic E-state index is 0.205. The molecule has 0 aliphatic carbocycles. The Hall–Kier alpha value is -2.16. The first-order chi connectivity index (χ1) is 12.7. The first-order valence-corrected chi connectivity index (χ1v) is 8.89. The fourth-order valence-electron chi connectivity index (χ4n) is 4.06. The zero-order valence-corrected chi connectivity index (χ0v) is 14.8. The van der Waals surface area contributed by atoms with Gasteiger partial charge in [-0.05, 0) is 36.8 Å². The average molecular weight is 385 g/mol. The molecular weight excluding hydrogens is 363 g/mol. The summed E-state index contributed by atoms with van der Waals surface area (Å²) in [5.74, 6) is -1.14. The summed E-state index contributed by atoms with van der Waals surface area (Å²) in [6.45, 7) is 1.04. The Morgan fingerprint density at radius 1 is 1.26 bits per heavy atom. The van der Waals surface area contributed by atoms with Crippen molar-refractivity contribution < 1.29 is 27.9 Å². The summed E-state index contributed by atoms with van der Waals surface area (Å²) in [6.07, 6.45) is -2.23. The summed E-state index contributed by atoms with van der Waals surface area (Å²) < 4.78 is 37.3. The Morgan fingerprint density at radius 2 is 1.96 bits per heavy atom. The van der Waals surface area contributed by atoms with Gasteiger partial charge in [0.1, 0.15) is 6.42 Å². The van der Waals surface area contributed by atoms with E-state index in [-0.39, 0.29) is 31.0 Å². The van der Waals surface area contributed by atoms with E-state index in [9.17, 15) is 27.9 Å². The van der Waals surface area contributed by atoms with Gasteiger partial charge in [-0.15, -0.1) is 0 Å². The lowest BCUT2D eigenvalue weighted by Crippen LogP contribution is -2.56. The Bertz CT molecular complexity index is 688. The number of β-amino-alcohol motifs (C(OH)–C–C–N with tert-alkyl or cyclic N) is 1. The van der Waals surface area contributed by atoms with Crippen molar-refractivity contribution in [1.82, 2.24) is 14.8 Å². The van der Waals surface area contributed by atoms with Gasteiger partial charge in [-0.25, -0.2) is 0 Å². The smallest absolute Gasteiger partial charge is 0.391 e. The van der Waals surface area contributed by atoms with E-state index >= 15 is 0 Å². The summed E-state index contributed by atoms with van der Waals surface area (Å²) in [4.78, 5) is 31.2. The Balaban J connectivity index is 1.65. The molecule has 6 nitrogen and oxygen atoms in total. The SMILES string of the molecule is O=C(CC(F)(F)F)N1CCC2(CC1)CC(O)CN(C(=O)c1cccnc1)C2. The number of carbonyl (C=O) groups excluding carboxylic acids is 2. The quantitative estimate of drug-likeness (QED) is 0.843. The van der Waals surface area contributed by atoms with Gasteiger partial charge in [0.15, 0.2) is 0 Å². The first kappa shape index (κ1) is 19.6. The molecule has 1 aromatic rings. The molecule has 148 valence electrons. The minimum atomic E-state index is -4.51. The van der Waals surface area contributed by atoms with Crippen LogP contribution < -0.4 is 0 Å². The number of piperidine rings is 2. The number of rotatable bonds is 2. The number of nitrogens with zero attached hydrogens (tertiary/aromatic N) is 3. The van der Waals surface area contributed by atoms with E-state index in [1.807, 2.05) is 0 Å².